The average molecular weight is 449 g/mol. The molecule has 1 aliphatic carbocycles. The van der Waals surface area contributed by atoms with Gasteiger partial charge in [0.25, 0.3) is 5.91 Å². The first-order chi connectivity index (χ1) is 15.5. The summed E-state index contributed by atoms with van der Waals surface area (Å²) in [5.74, 6) is 0.626. The van der Waals surface area contributed by atoms with Crippen molar-refractivity contribution in [3.8, 4) is 0 Å². The lowest BCUT2D eigenvalue weighted by Gasteiger charge is -2.27. The van der Waals surface area contributed by atoms with Crippen molar-refractivity contribution in [2.24, 2.45) is 0 Å². The van der Waals surface area contributed by atoms with E-state index < -0.39 is 6.04 Å². The van der Waals surface area contributed by atoms with Gasteiger partial charge in [0.05, 0.1) is 30.1 Å². The summed E-state index contributed by atoms with van der Waals surface area (Å²) in [6, 6.07) is 9.24. The molecule has 1 N–H and O–H groups in total. The number of carbonyl (C=O) groups excluding carboxylic acids is 1. The molecule has 0 radical (unpaired) electrons. The second kappa shape index (κ2) is 6.88. The van der Waals surface area contributed by atoms with Gasteiger partial charge in [-0.2, -0.15) is 5.10 Å². The molecule has 1 amide bonds. The maximum atomic E-state index is 13.9. The van der Waals surface area contributed by atoms with Gasteiger partial charge in [-0.15, -0.1) is 10.2 Å². The van der Waals surface area contributed by atoms with Gasteiger partial charge in [0.1, 0.15) is 11.5 Å². The predicted molar refractivity (Wildman–Crippen MR) is 119 cm³/mol. The normalized spacial score (nSPS) is 18.1. The molecule has 0 unspecified atom stereocenters. The Kier molecular flexibility index (Phi) is 4.18. The smallest absolute Gasteiger partial charge is 0.277 e. The molecule has 32 heavy (non-hydrogen) atoms. The zero-order valence-electron chi connectivity index (χ0n) is 17.7. The summed E-state index contributed by atoms with van der Waals surface area (Å²) in [6.07, 6.45) is 3.88. The third-order valence-electron chi connectivity index (χ3n) is 6.33. The van der Waals surface area contributed by atoms with Crippen molar-refractivity contribution in [1.82, 2.24) is 24.4 Å². The molecule has 1 atom stereocenters. The number of aryl methyl sites for hydroxylation is 2. The van der Waals surface area contributed by atoms with Crippen molar-refractivity contribution in [1.29, 1.82) is 0 Å². The van der Waals surface area contributed by atoms with E-state index in [-0.39, 0.29) is 18.6 Å². The summed E-state index contributed by atoms with van der Waals surface area (Å²) in [7, 11) is 0. The Hall–Kier alpha value is -3.23. The molecule has 9 heteroatoms. The van der Waals surface area contributed by atoms with Crippen LogP contribution in [-0.2, 0) is 6.61 Å². The fourth-order valence-corrected chi connectivity index (χ4v) is 4.79. The fraction of sp³-hybridized carbons (Fsp3) is 0.304. The van der Waals surface area contributed by atoms with Gasteiger partial charge in [-0.1, -0.05) is 23.7 Å². The first-order valence-electron chi connectivity index (χ1n) is 10.6. The summed E-state index contributed by atoms with van der Waals surface area (Å²) in [4.78, 5) is 15.7. The molecule has 162 valence electrons. The largest absolute Gasteiger partial charge is 0.390 e. The third kappa shape index (κ3) is 2.73. The Labute approximate surface area is 189 Å². The average Bonchev–Trinajstić information content (AvgIpc) is 3.36. The van der Waals surface area contributed by atoms with Gasteiger partial charge in [-0.3, -0.25) is 18.8 Å². The summed E-state index contributed by atoms with van der Waals surface area (Å²) in [5, 5.41) is 23.8. The lowest BCUT2D eigenvalue weighted by molar-refractivity contribution is 0.0983. The third-order valence-corrected chi connectivity index (χ3v) is 6.58. The highest BCUT2D eigenvalue weighted by atomic mass is 35.5. The van der Waals surface area contributed by atoms with Crippen LogP contribution < -0.4 is 4.90 Å². The molecule has 6 rings (SSSR count). The van der Waals surface area contributed by atoms with Crippen LogP contribution in [0.25, 0.3) is 5.65 Å². The molecule has 4 heterocycles. The Morgan fingerprint density at radius 3 is 2.59 bits per heavy atom. The van der Waals surface area contributed by atoms with Crippen LogP contribution in [0.4, 0.5) is 5.69 Å². The molecule has 1 saturated carbocycles. The van der Waals surface area contributed by atoms with Crippen LogP contribution >= 0.6 is 11.6 Å². The maximum absolute atomic E-state index is 13.9. The first kappa shape index (κ1) is 19.5. The summed E-state index contributed by atoms with van der Waals surface area (Å²) >= 11 is 6.15. The number of aliphatic hydroxyl groups is 1. The highest BCUT2D eigenvalue weighted by molar-refractivity contribution is 6.30. The van der Waals surface area contributed by atoms with Crippen LogP contribution in [0, 0.1) is 13.8 Å². The van der Waals surface area contributed by atoms with Crippen molar-refractivity contribution in [3.63, 3.8) is 0 Å². The van der Waals surface area contributed by atoms with Gasteiger partial charge < -0.3 is 5.11 Å². The monoisotopic (exact) mass is 448 g/mol. The number of halogens is 1. The number of fused-ring (bicyclic) bond motifs is 2. The van der Waals surface area contributed by atoms with Crippen LogP contribution in [0.1, 0.15) is 63.6 Å². The SMILES string of the molecule is Cc1cc(N2C(=O)c3c(c(CO)nn3C3CC3)[C@@H]2c2ccc(Cl)cc2)cn2c(C)nnc12. The fourth-order valence-electron chi connectivity index (χ4n) is 4.66. The molecule has 0 saturated heterocycles. The van der Waals surface area contributed by atoms with Crippen molar-refractivity contribution >= 4 is 28.8 Å². The van der Waals surface area contributed by atoms with E-state index in [4.69, 9.17) is 11.6 Å². The number of aliphatic hydroxyl groups excluding tert-OH is 1. The number of hydrogen-bond donors (Lipinski definition) is 1. The number of amides is 1. The van der Waals surface area contributed by atoms with Gasteiger partial charge in [0, 0.05) is 16.8 Å². The molecule has 1 aliphatic heterocycles. The molecular weight excluding hydrogens is 428 g/mol. The predicted octanol–water partition coefficient (Wildman–Crippen LogP) is 3.77. The Morgan fingerprint density at radius 1 is 1.16 bits per heavy atom. The van der Waals surface area contributed by atoms with E-state index in [0.717, 1.165) is 46.7 Å². The van der Waals surface area contributed by atoms with Gasteiger partial charge >= 0.3 is 0 Å². The zero-order chi connectivity index (χ0) is 22.1. The number of aromatic nitrogens is 5. The molecule has 3 aromatic heterocycles. The first-order valence-corrected chi connectivity index (χ1v) is 11.0. The molecule has 2 aliphatic rings. The standard InChI is InChI=1S/C23H21ClN6O2/c1-12-9-17(10-28-13(2)25-26-22(12)28)29-20(14-3-5-15(24)6-4-14)19-18(11-31)27-30(16-7-8-16)21(19)23(29)32/h3-6,9-10,16,20,31H,7-8,11H2,1-2H3/t20-/m0/s1. The van der Waals surface area contributed by atoms with E-state index in [2.05, 4.69) is 15.3 Å². The minimum absolute atomic E-state index is 0.122. The van der Waals surface area contributed by atoms with E-state index in [1.54, 1.807) is 4.90 Å². The highest BCUT2D eigenvalue weighted by Crippen LogP contribution is 2.47. The van der Waals surface area contributed by atoms with E-state index in [9.17, 15) is 9.90 Å². The lowest BCUT2D eigenvalue weighted by Crippen LogP contribution is -2.30. The molecule has 0 spiro atoms. The van der Waals surface area contributed by atoms with Gasteiger partial charge in [0.2, 0.25) is 0 Å². The van der Waals surface area contributed by atoms with Gasteiger partial charge in [-0.25, -0.2) is 0 Å². The number of hydrogen-bond acceptors (Lipinski definition) is 5. The highest BCUT2D eigenvalue weighted by Gasteiger charge is 2.46. The van der Waals surface area contributed by atoms with Crippen molar-refractivity contribution in [2.45, 2.75) is 45.4 Å². The minimum Gasteiger partial charge on any atom is -0.390 e. The zero-order valence-corrected chi connectivity index (χ0v) is 18.4. The molecular formula is C23H21ClN6O2. The molecule has 8 nitrogen and oxygen atoms in total. The van der Waals surface area contributed by atoms with E-state index in [0.29, 0.717) is 16.4 Å². The number of benzene rings is 1. The number of carbonyl (C=O) groups is 1. The quantitative estimate of drug-likeness (QED) is 0.513. The Morgan fingerprint density at radius 2 is 1.91 bits per heavy atom. The summed E-state index contributed by atoms with van der Waals surface area (Å²) in [5.41, 5.74) is 5.21. The molecule has 1 fully saturated rings. The topological polar surface area (TPSA) is 88.6 Å². The van der Waals surface area contributed by atoms with Crippen molar-refractivity contribution in [2.75, 3.05) is 4.90 Å². The number of pyridine rings is 1. The van der Waals surface area contributed by atoms with Crippen LogP contribution in [0.2, 0.25) is 5.02 Å². The van der Waals surface area contributed by atoms with Crippen LogP contribution in [0.5, 0.6) is 0 Å². The van der Waals surface area contributed by atoms with E-state index >= 15 is 0 Å². The van der Waals surface area contributed by atoms with Gasteiger partial charge in [0.15, 0.2) is 5.65 Å². The summed E-state index contributed by atoms with van der Waals surface area (Å²) < 4.78 is 3.72. The second-order valence-electron chi connectivity index (χ2n) is 8.49. The van der Waals surface area contributed by atoms with Crippen molar-refractivity contribution in [3.05, 3.63) is 75.5 Å². The van der Waals surface area contributed by atoms with Crippen molar-refractivity contribution < 1.29 is 9.90 Å². The van der Waals surface area contributed by atoms with E-state index in [1.807, 2.05) is 59.5 Å². The van der Waals surface area contributed by atoms with Crippen LogP contribution in [0.15, 0.2) is 36.5 Å². The van der Waals surface area contributed by atoms with E-state index in [1.165, 1.54) is 0 Å². The molecule has 0 bridgehead atoms. The Balaban J connectivity index is 1.60. The van der Waals surface area contributed by atoms with Crippen LogP contribution in [-0.4, -0.2) is 35.4 Å². The lowest BCUT2D eigenvalue weighted by atomic mass is 9.98. The van der Waals surface area contributed by atoms with Crippen LogP contribution in [0.3, 0.4) is 0 Å². The number of anilines is 1. The molecule has 4 aromatic rings. The summed E-state index contributed by atoms with van der Waals surface area (Å²) in [6.45, 7) is 3.62. The Bertz CT molecular complexity index is 1390. The molecule has 1 aromatic carbocycles. The second-order valence-corrected chi connectivity index (χ2v) is 8.93. The number of rotatable bonds is 4. The van der Waals surface area contributed by atoms with Gasteiger partial charge in [-0.05, 0) is 56.0 Å². The minimum atomic E-state index is -0.418. The number of nitrogens with zero attached hydrogens (tertiary/aromatic N) is 6. The maximum Gasteiger partial charge on any atom is 0.277 e.